The molecule has 0 bridgehead atoms. The smallest absolute Gasteiger partial charge is 0.233 e. The maximum Gasteiger partial charge on any atom is 0.233 e. The summed E-state index contributed by atoms with van der Waals surface area (Å²) in [5.74, 6) is 4.55. The lowest BCUT2D eigenvalue weighted by molar-refractivity contribution is 0.252. The molecule has 2 aromatic heterocycles. The van der Waals surface area contributed by atoms with Gasteiger partial charge in [-0.2, -0.15) is 29.9 Å². The number of rotatable bonds is 15. The van der Waals surface area contributed by atoms with Gasteiger partial charge in [0.2, 0.25) is 35.7 Å². The van der Waals surface area contributed by atoms with E-state index in [0.29, 0.717) is 77.2 Å². The van der Waals surface area contributed by atoms with E-state index >= 15 is 0 Å². The van der Waals surface area contributed by atoms with E-state index in [1.165, 1.54) is 51.4 Å². The van der Waals surface area contributed by atoms with Gasteiger partial charge >= 0.3 is 0 Å². The van der Waals surface area contributed by atoms with Crippen molar-refractivity contribution in [3.05, 3.63) is 83.4 Å². The van der Waals surface area contributed by atoms with Crippen LogP contribution in [-0.2, 0) is 6.61 Å². The van der Waals surface area contributed by atoms with E-state index < -0.39 is 0 Å². The van der Waals surface area contributed by atoms with Crippen LogP contribution >= 0.6 is 11.6 Å². The first kappa shape index (κ1) is 50.7. The number of piperidine rings is 2. The number of aromatic hydroxyl groups is 1. The van der Waals surface area contributed by atoms with Crippen LogP contribution in [0.15, 0.2) is 72.8 Å². The van der Waals surface area contributed by atoms with Crippen LogP contribution in [0.25, 0.3) is 0 Å². The van der Waals surface area contributed by atoms with Crippen molar-refractivity contribution in [3.8, 4) is 11.5 Å². The fraction of sp³-hybridized carbons (Fsp3) is 0.547. The summed E-state index contributed by atoms with van der Waals surface area (Å²) in [6, 6.07) is 24.3. The van der Waals surface area contributed by atoms with Crippen LogP contribution in [0.3, 0.4) is 0 Å². The summed E-state index contributed by atoms with van der Waals surface area (Å²) in [5.41, 5.74) is 2.72. The van der Waals surface area contributed by atoms with E-state index in [9.17, 15) is 5.11 Å². The third kappa shape index (κ3) is 15.1. The van der Waals surface area contributed by atoms with E-state index in [2.05, 4.69) is 74.0 Å². The maximum atomic E-state index is 9.56. The van der Waals surface area contributed by atoms with Crippen LogP contribution in [0.5, 0.6) is 11.5 Å². The van der Waals surface area contributed by atoms with Crippen molar-refractivity contribution in [1.82, 2.24) is 39.7 Å². The van der Waals surface area contributed by atoms with Crippen LogP contribution in [0.1, 0.15) is 108 Å². The quantitative estimate of drug-likeness (QED) is 0.0496. The number of hydrogen-bond acceptors (Lipinski definition) is 16. The fourth-order valence-corrected chi connectivity index (χ4v) is 10.1. The van der Waals surface area contributed by atoms with Gasteiger partial charge in [0, 0.05) is 49.6 Å². The normalized spacial score (nSPS) is 18.1. The molecule has 70 heavy (non-hydrogen) atoms. The number of nitrogens with zero attached hydrogens (tertiary/aromatic N) is 10. The molecule has 17 heteroatoms. The lowest BCUT2D eigenvalue weighted by Crippen LogP contribution is -2.42. The van der Waals surface area contributed by atoms with E-state index in [1.807, 2.05) is 60.7 Å². The molecule has 2 saturated carbocycles. The van der Waals surface area contributed by atoms with Gasteiger partial charge in [-0.25, -0.2) is 0 Å². The van der Waals surface area contributed by atoms with Gasteiger partial charge in [-0.3, -0.25) is 0 Å². The number of anilines is 8. The third-order valence-electron chi connectivity index (χ3n) is 14.3. The minimum Gasteiger partial charge on any atom is -0.508 e. The van der Waals surface area contributed by atoms with Crippen molar-refractivity contribution in [3.63, 3.8) is 0 Å². The van der Waals surface area contributed by atoms with Crippen molar-refractivity contribution in [2.24, 2.45) is 0 Å². The Kier molecular flexibility index (Phi) is 18.4. The standard InChI is InChI=1S/C30H40ClN7O.C23H35N7O/c1-37-18-16-25(17-19-37)38(2)30-35-28(32-23-12-8-3-4-9-13-23)34-29(36-30)33-24-14-15-27(26(31)20-24)39-21-22-10-6-5-7-11-22;1-29-15-13-19(14-16-29)30(2)23-27-21(24-17-7-5-3-4-6-8-17)26-22(28-23)25-18-9-11-20(31)12-10-18/h5-7,10-11,14-15,20,23,25H,3-4,8-9,12-13,16-19,21H2,1-2H3,(H2,32,33,34,35,36);9-12,17,19,31H,3-8,13-16H2,1-2H3,(H2,24,25,26,27,28). The van der Waals surface area contributed by atoms with Crippen molar-refractivity contribution in [2.45, 2.75) is 134 Å². The molecular formula is C53H75ClN14O2. The molecule has 0 unspecified atom stereocenters. The number of ether oxygens (including phenoxy) is 1. The molecule has 2 aliphatic carbocycles. The van der Waals surface area contributed by atoms with E-state index in [0.717, 1.165) is 94.5 Å². The highest BCUT2D eigenvalue weighted by Gasteiger charge is 2.26. The van der Waals surface area contributed by atoms with Crippen molar-refractivity contribution >= 4 is 58.7 Å². The average molecular weight is 976 g/mol. The Hall–Kier alpha value is -5.71. The Labute approximate surface area is 420 Å². The molecular weight excluding hydrogens is 900 g/mol. The topological polar surface area (TPSA) is 168 Å². The lowest BCUT2D eigenvalue weighted by Gasteiger charge is -2.35. The summed E-state index contributed by atoms with van der Waals surface area (Å²) in [5, 5.41) is 23.9. The minimum atomic E-state index is 0.236. The van der Waals surface area contributed by atoms with Gasteiger partial charge < -0.3 is 50.7 Å². The molecule has 0 spiro atoms. The van der Waals surface area contributed by atoms with Gasteiger partial charge in [0.05, 0.1) is 5.02 Å². The number of hydrogen-bond donors (Lipinski definition) is 5. The minimum absolute atomic E-state index is 0.236. The number of phenols is 1. The van der Waals surface area contributed by atoms with E-state index in [1.54, 1.807) is 12.1 Å². The third-order valence-corrected chi connectivity index (χ3v) is 14.6. The summed E-state index contributed by atoms with van der Waals surface area (Å²) < 4.78 is 5.95. The molecule has 0 amide bonds. The highest BCUT2D eigenvalue weighted by atomic mass is 35.5. The molecule has 16 nitrogen and oxygen atoms in total. The van der Waals surface area contributed by atoms with Crippen molar-refractivity contribution in [2.75, 3.05) is 85.4 Å². The zero-order chi connectivity index (χ0) is 48.7. The Bertz CT molecular complexity index is 2350. The number of likely N-dealkylation sites (tertiary alicyclic amines) is 2. The molecule has 0 atom stereocenters. The first-order valence-corrected chi connectivity index (χ1v) is 26.2. The van der Waals surface area contributed by atoms with Crippen LogP contribution < -0.4 is 35.8 Å². The molecule has 5 aromatic rings. The van der Waals surface area contributed by atoms with Gasteiger partial charge in [0.25, 0.3) is 0 Å². The van der Waals surface area contributed by atoms with Gasteiger partial charge in [0.1, 0.15) is 18.1 Å². The Morgan fingerprint density at radius 1 is 0.557 bits per heavy atom. The van der Waals surface area contributed by atoms with E-state index in [4.69, 9.17) is 41.3 Å². The molecule has 0 radical (unpaired) electrons. The van der Waals surface area contributed by atoms with Crippen molar-refractivity contribution < 1.29 is 9.84 Å². The monoisotopic (exact) mass is 975 g/mol. The van der Waals surface area contributed by atoms with Crippen molar-refractivity contribution in [1.29, 1.82) is 0 Å². The van der Waals surface area contributed by atoms with Crippen LogP contribution in [0, 0.1) is 0 Å². The Morgan fingerprint density at radius 2 is 1.00 bits per heavy atom. The predicted molar refractivity (Wildman–Crippen MR) is 285 cm³/mol. The largest absolute Gasteiger partial charge is 0.508 e. The first-order valence-electron chi connectivity index (χ1n) is 25.8. The van der Waals surface area contributed by atoms with Gasteiger partial charge in [-0.15, -0.1) is 0 Å². The van der Waals surface area contributed by atoms with Gasteiger partial charge in [-0.05, 0) is 140 Å². The molecule has 2 aliphatic heterocycles. The lowest BCUT2D eigenvalue weighted by atomic mass is 10.0. The average Bonchev–Trinajstić information content (AvgIpc) is 3.80. The first-order chi connectivity index (χ1) is 34.1. The SMILES string of the molecule is CN1CCC(N(C)c2nc(Nc3ccc(O)cc3)nc(NC3CCCCCC3)n2)CC1.CN1CCC(N(C)c2nc(Nc3ccc(OCc4ccccc4)c(Cl)c3)nc(NC3CCCCCC3)n2)CC1. The Balaban J connectivity index is 0.000000193. The molecule has 5 N–H and O–H groups in total. The van der Waals surface area contributed by atoms with Crippen LogP contribution in [-0.4, -0.2) is 123 Å². The molecule has 2 saturated heterocycles. The van der Waals surface area contributed by atoms with Crippen LogP contribution in [0.2, 0.25) is 5.02 Å². The molecule has 3 aromatic carbocycles. The number of phenolic OH excluding ortho intramolecular Hbond substituents is 1. The molecule has 376 valence electrons. The predicted octanol–water partition coefficient (Wildman–Crippen LogP) is 10.5. The molecule has 4 heterocycles. The maximum absolute atomic E-state index is 9.56. The fourth-order valence-electron chi connectivity index (χ4n) is 9.82. The zero-order valence-corrected chi connectivity index (χ0v) is 42.5. The van der Waals surface area contributed by atoms with Gasteiger partial charge in [0.15, 0.2) is 0 Å². The molecule has 4 aliphatic rings. The number of aromatic nitrogens is 6. The summed E-state index contributed by atoms with van der Waals surface area (Å²) in [4.78, 5) is 37.8. The number of nitrogens with one attached hydrogen (secondary N) is 4. The highest BCUT2D eigenvalue weighted by molar-refractivity contribution is 6.32. The summed E-state index contributed by atoms with van der Waals surface area (Å²) in [7, 11) is 8.54. The van der Waals surface area contributed by atoms with E-state index in [-0.39, 0.29) is 5.75 Å². The summed E-state index contributed by atoms with van der Waals surface area (Å²) in [6.07, 6.45) is 19.2. The summed E-state index contributed by atoms with van der Waals surface area (Å²) in [6.45, 7) is 4.80. The molecule has 9 rings (SSSR count). The second-order valence-electron chi connectivity index (χ2n) is 19.7. The Morgan fingerprint density at radius 3 is 1.47 bits per heavy atom. The number of halogens is 1. The zero-order valence-electron chi connectivity index (χ0n) is 41.8. The second kappa shape index (κ2) is 25.4. The second-order valence-corrected chi connectivity index (χ2v) is 20.1. The van der Waals surface area contributed by atoms with Crippen LogP contribution in [0.4, 0.5) is 47.1 Å². The molecule has 4 fully saturated rings. The number of benzene rings is 3. The summed E-state index contributed by atoms with van der Waals surface area (Å²) >= 11 is 6.59. The van der Waals surface area contributed by atoms with Gasteiger partial charge in [-0.1, -0.05) is 93.3 Å². The highest BCUT2D eigenvalue weighted by Crippen LogP contribution is 2.31.